The van der Waals surface area contributed by atoms with Gasteiger partial charge in [0.1, 0.15) is 5.54 Å². The van der Waals surface area contributed by atoms with E-state index >= 15 is 0 Å². The van der Waals surface area contributed by atoms with Crippen LogP contribution in [-0.2, 0) is 11.2 Å². The summed E-state index contributed by atoms with van der Waals surface area (Å²) >= 11 is 0. The molecule has 1 aliphatic carbocycles. The summed E-state index contributed by atoms with van der Waals surface area (Å²) in [5.41, 5.74) is 3.33. The number of amides is 3. The third-order valence-electron chi connectivity index (χ3n) is 7.71. The maximum atomic E-state index is 13.4. The lowest BCUT2D eigenvalue weighted by Crippen LogP contribution is -2.55. The van der Waals surface area contributed by atoms with Crippen molar-refractivity contribution in [3.8, 4) is 0 Å². The molecule has 0 saturated carbocycles. The smallest absolute Gasteiger partial charge is 0.312 e. The van der Waals surface area contributed by atoms with E-state index in [2.05, 4.69) is 29.5 Å². The molecule has 4 rings (SSSR count). The molecule has 2 saturated heterocycles. The number of carbonyl (C=O) groups is 2. The SMILES string of the molecule is C=C(C)[C@@H]1CC=C(CN2CCC3(CC2)C(=O)N(CCCc2ccncc2)C(=O)N3C)CC1. The Morgan fingerprint density at radius 1 is 1.22 bits per heavy atom. The molecule has 2 aliphatic heterocycles. The van der Waals surface area contributed by atoms with E-state index in [1.54, 1.807) is 24.3 Å². The van der Waals surface area contributed by atoms with Crippen molar-refractivity contribution in [1.29, 1.82) is 0 Å². The van der Waals surface area contributed by atoms with Crippen molar-refractivity contribution in [3.05, 3.63) is 53.9 Å². The lowest BCUT2D eigenvalue weighted by Gasteiger charge is -2.41. The van der Waals surface area contributed by atoms with Crippen LogP contribution in [0.4, 0.5) is 4.79 Å². The van der Waals surface area contributed by atoms with Crippen LogP contribution in [0.3, 0.4) is 0 Å². The lowest BCUT2D eigenvalue weighted by molar-refractivity contribution is -0.135. The molecule has 0 unspecified atom stereocenters. The first-order chi connectivity index (χ1) is 15.4. The number of likely N-dealkylation sites (N-methyl/N-ethyl adjacent to an activating group) is 1. The number of rotatable bonds is 7. The first-order valence-electron chi connectivity index (χ1n) is 11.9. The standard InChI is InChI=1S/C26H36N4O2/c1-20(2)23-8-6-22(7-9-23)19-29-17-12-26(13-18-29)24(31)30(25(32)28(26)3)16-4-5-21-10-14-27-15-11-21/h6,10-11,14-15,23H,1,4-5,7-9,12-13,16-19H2,2-3H3/t23-/m1/s1. The van der Waals surface area contributed by atoms with E-state index in [9.17, 15) is 9.59 Å². The highest BCUT2D eigenvalue weighted by molar-refractivity contribution is 6.07. The molecule has 1 aromatic rings. The van der Waals surface area contributed by atoms with E-state index in [4.69, 9.17) is 0 Å². The first-order valence-corrected chi connectivity index (χ1v) is 11.9. The minimum absolute atomic E-state index is 0.000519. The second-order valence-electron chi connectivity index (χ2n) is 9.75. The van der Waals surface area contributed by atoms with E-state index in [1.807, 2.05) is 12.1 Å². The zero-order valence-corrected chi connectivity index (χ0v) is 19.6. The third kappa shape index (κ3) is 4.51. The van der Waals surface area contributed by atoms with Gasteiger partial charge >= 0.3 is 6.03 Å². The fourth-order valence-corrected chi connectivity index (χ4v) is 5.43. The number of piperidine rings is 1. The minimum Gasteiger partial charge on any atom is -0.312 e. The van der Waals surface area contributed by atoms with Gasteiger partial charge in [0.15, 0.2) is 0 Å². The average Bonchev–Trinajstić information content (AvgIpc) is 2.98. The van der Waals surface area contributed by atoms with Crippen LogP contribution in [0.2, 0.25) is 0 Å². The molecule has 0 radical (unpaired) electrons. The highest BCUT2D eigenvalue weighted by atomic mass is 16.2. The second-order valence-corrected chi connectivity index (χ2v) is 9.75. The van der Waals surface area contributed by atoms with Gasteiger partial charge in [-0.1, -0.05) is 23.8 Å². The summed E-state index contributed by atoms with van der Waals surface area (Å²) in [4.78, 5) is 36.0. The summed E-state index contributed by atoms with van der Waals surface area (Å²) < 4.78 is 0. The van der Waals surface area contributed by atoms with Crippen LogP contribution < -0.4 is 0 Å². The Hall–Kier alpha value is -2.47. The number of urea groups is 1. The number of aryl methyl sites for hydroxylation is 1. The third-order valence-corrected chi connectivity index (χ3v) is 7.71. The van der Waals surface area contributed by atoms with Crippen LogP contribution in [0, 0.1) is 5.92 Å². The van der Waals surface area contributed by atoms with Crippen LogP contribution in [-0.4, -0.2) is 70.4 Å². The number of nitrogens with zero attached hydrogens (tertiary/aromatic N) is 4. The highest BCUT2D eigenvalue weighted by Crippen LogP contribution is 2.37. The maximum Gasteiger partial charge on any atom is 0.327 e. The molecule has 0 bridgehead atoms. The van der Waals surface area contributed by atoms with E-state index in [-0.39, 0.29) is 11.9 Å². The summed E-state index contributed by atoms with van der Waals surface area (Å²) in [6.07, 6.45) is 12.4. The quantitative estimate of drug-likeness (QED) is 0.478. The molecule has 0 aromatic carbocycles. The minimum atomic E-state index is -0.657. The van der Waals surface area contributed by atoms with Crippen LogP contribution in [0.5, 0.6) is 0 Å². The predicted molar refractivity (Wildman–Crippen MR) is 126 cm³/mol. The molecule has 3 aliphatic rings. The van der Waals surface area contributed by atoms with Crippen LogP contribution >= 0.6 is 0 Å². The van der Waals surface area contributed by atoms with Gasteiger partial charge in [-0.25, -0.2) is 4.79 Å². The molecule has 6 heteroatoms. The molecule has 1 atom stereocenters. The number of likely N-dealkylation sites (tertiary alicyclic amines) is 1. The van der Waals surface area contributed by atoms with Gasteiger partial charge in [0, 0.05) is 45.6 Å². The summed E-state index contributed by atoms with van der Waals surface area (Å²) in [6.45, 7) is 9.42. The molecular formula is C26H36N4O2. The van der Waals surface area contributed by atoms with Gasteiger partial charge in [0.05, 0.1) is 0 Å². The second kappa shape index (κ2) is 9.57. The van der Waals surface area contributed by atoms with E-state index in [1.165, 1.54) is 28.0 Å². The monoisotopic (exact) mass is 436 g/mol. The Balaban J connectivity index is 1.31. The Morgan fingerprint density at radius 2 is 1.94 bits per heavy atom. The summed E-state index contributed by atoms with van der Waals surface area (Å²) in [5, 5.41) is 0. The first kappa shape index (κ1) is 22.7. The number of imide groups is 1. The molecule has 172 valence electrons. The summed E-state index contributed by atoms with van der Waals surface area (Å²) in [7, 11) is 1.81. The Kier molecular flexibility index (Phi) is 6.79. The van der Waals surface area contributed by atoms with Gasteiger partial charge in [0.25, 0.3) is 5.91 Å². The molecule has 1 spiro atoms. The number of carbonyl (C=O) groups excluding carboxylic acids is 2. The summed E-state index contributed by atoms with van der Waals surface area (Å²) in [6, 6.07) is 3.83. The van der Waals surface area contributed by atoms with Gasteiger partial charge < -0.3 is 4.90 Å². The molecule has 3 heterocycles. The van der Waals surface area contributed by atoms with E-state index < -0.39 is 5.54 Å². The van der Waals surface area contributed by atoms with Crippen LogP contribution in [0.25, 0.3) is 0 Å². The number of aromatic nitrogens is 1. The lowest BCUT2D eigenvalue weighted by atomic mass is 9.84. The summed E-state index contributed by atoms with van der Waals surface area (Å²) in [5.74, 6) is 0.629. The number of hydrogen-bond donors (Lipinski definition) is 0. The van der Waals surface area contributed by atoms with Crippen molar-refractivity contribution in [1.82, 2.24) is 19.7 Å². The van der Waals surface area contributed by atoms with Gasteiger partial charge in [-0.3, -0.25) is 19.6 Å². The zero-order chi connectivity index (χ0) is 22.7. The maximum absolute atomic E-state index is 13.4. The molecule has 3 amide bonds. The fraction of sp³-hybridized carbons (Fsp3) is 0.577. The van der Waals surface area contributed by atoms with Gasteiger partial charge in [0.2, 0.25) is 0 Å². The normalized spacial score (nSPS) is 23.7. The molecular weight excluding hydrogens is 400 g/mol. The van der Waals surface area contributed by atoms with Gasteiger partial charge in [-0.2, -0.15) is 0 Å². The largest absolute Gasteiger partial charge is 0.327 e. The number of allylic oxidation sites excluding steroid dienone is 2. The molecule has 1 aromatic heterocycles. The van der Waals surface area contributed by atoms with Crippen molar-refractivity contribution < 1.29 is 9.59 Å². The van der Waals surface area contributed by atoms with Crippen molar-refractivity contribution in [2.24, 2.45) is 5.92 Å². The Labute approximate surface area is 192 Å². The Morgan fingerprint density at radius 3 is 2.56 bits per heavy atom. The van der Waals surface area contributed by atoms with E-state index in [0.29, 0.717) is 12.5 Å². The van der Waals surface area contributed by atoms with Crippen molar-refractivity contribution in [3.63, 3.8) is 0 Å². The van der Waals surface area contributed by atoms with Crippen LogP contribution in [0.1, 0.15) is 51.0 Å². The molecule has 6 nitrogen and oxygen atoms in total. The van der Waals surface area contributed by atoms with Gasteiger partial charge in [-0.15, -0.1) is 0 Å². The number of pyridine rings is 1. The van der Waals surface area contributed by atoms with E-state index in [0.717, 1.165) is 58.2 Å². The number of hydrogen-bond acceptors (Lipinski definition) is 4. The Bertz CT molecular complexity index is 886. The van der Waals surface area contributed by atoms with Crippen molar-refractivity contribution in [2.45, 2.75) is 57.4 Å². The molecule has 0 N–H and O–H groups in total. The highest BCUT2D eigenvalue weighted by Gasteiger charge is 2.56. The predicted octanol–water partition coefficient (Wildman–Crippen LogP) is 4.05. The van der Waals surface area contributed by atoms with Gasteiger partial charge in [-0.05, 0) is 75.5 Å². The topological polar surface area (TPSA) is 56.8 Å². The van der Waals surface area contributed by atoms with Crippen molar-refractivity contribution >= 4 is 11.9 Å². The molecule has 2 fully saturated rings. The fourth-order valence-electron chi connectivity index (χ4n) is 5.43. The molecule has 32 heavy (non-hydrogen) atoms. The van der Waals surface area contributed by atoms with Crippen molar-refractivity contribution in [2.75, 3.05) is 33.2 Å². The zero-order valence-electron chi connectivity index (χ0n) is 19.6. The average molecular weight is 437 g/mol. The van der Waals surface area contributed by atoms with Crippen LogP contribution in [0.15, 0.2) is 48.3 Å².